The number of ketones is 1. The molecule has 322 valence electrons. The van der Waals surface area contributed by atoms with Crippen molar-refractivity contribution in [1.29, 1.82) is 0 Å². The Labute approximate surface area is 346 Å². The minimum atomic E-state index is -4.63. The smallest absolute Gasteiger partial charge is 0.270 e. The average molecular weight is 859 g/mol. The fourth-order valence-electron chi connectivity index (χ4n) is 8.50. The highest BCUT2D eigenvalue weighted by molar-refractivity contribution is 7.86. The number of amides is 2. The lowest BCUT2D eigenvalue weighted by atomic mass is 9.91. The Bertz CT molecular complexity index is 2150. The highest BCUT2D eigenvalue weighted by Crippen LogP contribution is 2.47. The highest BCUT2D eigenvalue weighted by atomic mass is 32.2. The summed E-state index contributed by atoms with van der Waals surface area (Å²) in [6.07, 6.45) is 3.61. The van der Waals surface area contributed by atoms with E-state index in [0.717, 1.165) is 17.6 Å². The molecule has 15 nitrogen and oxygen atoms in total. The van der Waals surface area contributed by atoms with E-state index in [1.54, 1.807) is 19.9 Å². The summed E-state index contributed by atoms with van der Waals surface area (Å²) in [5.74, 6) is 1.01. The minimum absolute atomic E-state index is 0.00646. The van der Waals surface area contributed by atoms with Gasteiger partial charge in [-0.15, -0.1) is 0 Å². The molecule has 2 amide bonds. The third-order valence-electron chi connectivity index (χ3n) is 11.6. The van der Waals surface area contributed by atoms with E-state index in [1.807, 2.05) is 11.0 Å². The van der Waals surface area contributed by atoms with Crippen LogP contribution in [0.15, 0.2) is 48.3 Å². The van der Waals surface area contributed by atoms with Gasteiger partial charge >= 0.3 is 0 Å². The van der Waals surface area contributed by atoms with Crippen LogP contribution >= 0.6 is 7.37 Å². The maximum Gasteiger partial charge on any atom is 0.270 e. The van der Waals surface area contributed by atoms with E-state index in [2.05, 4.69) is 13.5 Å². The van der Waals surface area contributed by atoms with Gasteiger partial charge in [0.2, 0.25) is 7.37 Å². The number of benzene rings is 2. The number of methoxy groups -OCH3 is 2. The first-order valence-corrected chi connectivity index (χ1v) is 23.6. The molecule has 0 aromatic heterocycles. The van der Waals surface area contributed by atoms with Gasteiger partial charge < -0.3 is 38.0 Å². The second kappa shape index (κ2) is 18.5. The van der Waals surface area contributed by atoms with Crippen molar-refractivity contribution in [1.82, 2.24) is 9.80 Å². The van der Waals surface area contributed by atoms with E-state index < -0.39 is 34.7 Å². The van der Waals surface area contributed by atoms with E-state index in [-0.39, 0.29) is 105 Å². The standard InChI is InChI=1S/C42H55N2O13PS/c1-7-31(45)9-10-54-25-28-17-35-40(59(49,50)51)20-30-19-39(37(53-6)22-33(30)42(47)44(35)24-28)56-12-14-58(48,57-8-2)13-11-55-38-18-29-16-27(4)34-15-26(3)23-43(34)41(46)32(29)21-36(38)52-5/h18-19,21-22,25,27,34-35,40H,3,7-17,20,23-24H2,1-2,4-6H3,(H,49,50,51)/b28-25+/t27?,34-,35-,40?,58?/m0/s1. The van der Waals surface area contributed by atoms with Crippen LogP contribution in [0.5, 0.6) is 23.0 Å². The molecule has 0 bridgehead atoms. The van der Waals surface area contributed by atoms with Gasteiger partial charge in [-0.25, -0.2) is 0 Å². The van der Waals surface area contributed by atoms with Crippen molar-refractivity contribution in [3.63, 3.8) is 0 Å². The van der Waals surface area contributed by atoms with Crippen LogP contribution in [0, 0.1) is 5.92 Å². The van der Waals surface area contributed by atoms with Gasteiger partial charge in [0.15, 0.2) is 23.0 Å². The Morgan fingerprint density at radius 3 is 1.97 bits per heavy atom. The quantitative estimate of drug-likeness (QED) is 0.0631. The van der Waals surface area contributed by atoms with Crippen LogP contribution in [0.1, 0.15) is 78.3 Å². The van der Waals surface area contributed by atoms with E-state index >= 15 is 0 Å². The fraction of sp³-hybridized carbons (Fsp3) is 0.548. The zero-order chi connectivity index (χ0) is 42.6. The summed E-state index contributed by atoms with van der Waals surface area (Å²) in [5.41, 5.74) is 3.70. The van der Waals surface area contributed by atoms with Crippen molar-refractivity contribution >= 4 is 35.1 Å². The predicted octanol–water partition coefficient (Wildman–Crippen LogP) is 5.74. The van der Waals surface area contributed by atoms with Crippen molar-refractivity contribution in [2.45, 2.75) is 76.6 Å². The molecule has 5 atom stereocenters. The lowest BCUT2D eigenvalue weighted by Gasteiger charge is -2.26. The molecule has 0 spiro atoms. The molecule has 6 rings (SSSR count). The van der Waals surface area contributed by atoms with E-state index in [9.17, 15) is 31.9 Å². The lowest BCUT2D eigenvalue weighted by Crippen LogP contribution is -2.44. The van der Waals surface area contributed by atoms with Gasteiger partial charge in [-0.3, -0.25) is 23.5 Å². The van der Waals surface area contributed by atoms with Crippen LogP contribution in [-0.2, 0) is 41.6 Å². The molecule has 4 aliphatic heterocycles. The summed E-state index contributed by atoms with van der Waals surface area (Å²) >= 11 is 0. The largest absolute Gasteiger partial charge is 0.501 e. The molecule has 2 aromatic carbocycles. The summed E-state index contributed by atoms with van der Waals surface area (Å²) in [7, 11) is -5.03. The number of rotatable bonds is 18. The number of carbonyl (C=O) groups is 3. The summed E-state index contributed by atoms with van der Waals surface area (Å²) in [6.45, 7) is 10.7. The molecule has 59 heavy (non-hydrogen) atoms. The average Bonchev–Trinajstić information content (AvgIpc) is 3.76. The first-order valence-electron chi connectivity index (χ1n) is 20.1. The van der Waals surface area contributed by atoms with Gasteiger partial charge in [0, 0.05) is 43.1 Å². The van der Waals surface area contributed by atoms with Crippen LogP contribution < -0.4 is 18.9 Å². The van der Waals surface area contributed by atoms with Crippen LogP contribution in [-0.4, -0.2) is 124 Å². The molecular formula is C42H55N2O13PS. The zero-order valence-electron chi connectivity index (χ0n) is 34.4. The van der Waals surface area contributed by atoms with E-state index in [4.69, 9.17) is 28.2 Å². The minimum Gasteiger partial charge on any atom is -0.501 e. The van der Waals surface area contributed by atoms with Crippen molar-refractivity contribution in [2.75, 3.05) is 66.1 Å². The Balaban J connectivity index is 1.13. The van der Waals surface area contributed by atoms with E-state index in [0.29, 0.717) is 47.6 Å². The Hall–Kier alpha value is -4.37. The van der Waals surface area contributed by atoms with Gasteiger partial charge in [0.1, 0.15) is 11.0 Å². The number of hydrogen-bond acceptors (Lipinski definition) is 12. The first kappa shape index (κ1) is 44.2. The molecule has 0 aliphatic carbocycles. The second-order valence-electron chi connectivity index (χ2n) is 15.6. The molecule has 0 saturated carbocycles. The number of carbonyl (C=O) groups excluding carboxylic acids is 3. The van der Waals surface area contributed by atoms with Gasteiger partial charge in [0.05, 0.1) is 65.3 Å². The van der Waals surface area contributed by atoms with Crippen molar-refractivity contribution < 1.29 is 60.1 Å². The number of fused-ring (bicyclic) bond motifs is 4. The summed E-state index contributed by atoms with van der Waals surface area (Å²) in [4.78, 5) is 42.5. The Morgan fingerprint density at radius 2 is 1.42 bits per heavy atom. The summed E-state index contributed by atoms with van der Waals surface area (Å²) < 4.78 is 84.8. The molecule has 0 radical (unpaired) electrons. The molecule has 17 heteroatoms. The lowest BCUT2D eigenvalue weighted by molar-refractivity contribution is -0.119. The Morgan fingerprint density at radius 1 is 0.847 bits per heavy atom. The molecule has 1 N–H and O–H groups in total. The molecule has 4 aliphatic rings. The predicted molar refractivity (Wildman–Crippen MR) is 220 cm³/mol. The zero-order valence-corrected chi connectivity index (χ0v) is 36.1. The maximum atomic E-state index is 14.1. The number of hydrogen-bond donors (Lipinski definition) is 1. The van der Waals surface area contributed by atoms with Gasteiger partial charge in [-0.1, -0.05) is 26.0 Å². The van der Waals surface area contributed by atoms with Gasteiger partial charge in [-0.2, -0.15) is 8.42 Å². The van der Waals surface area contributed by atoms with Crippen molar-refractivity contribution in [3.8, 4) is 23.0 Å². The normalized spacial score (nSPS) is 23.1. The molecule has 4 heterocycles. The Kier molecular flexibility index (Phi) is 13.8. The SMILES string of the molecule is C=C1C[C@H]2C(C)Cc3cc(OCCP(=O)(CCOc4cc5c(cc4OC)C(=O)N4C/C(=C/OCCC(=O)CC)C[C@H]4C(S(=O)(=O)O)C5)OCC)c(OC)cc3C(=O)N2C1. The molecular weight excluding hydrogens is 804 g/mol. The van der Waals surface area contributed by atoms with Crippen LogP contribution in [0.25, 0.3) is 0 Å². The molecule has 2 aromatic rings. The maximum absolute atomic E-state index is 14.1. The number of ether oxygens (including phenoxy) is 5. The first-order chi connectivity index (χ1) is 28.1. The number of nitrogens with zero attached hydrogens (tertiary/aromatic N) is 2. The van der Waals surface area contributed by atoms with Crippen LogP contribution in [0.4, 0.5) is 0 Å². The van der Waals surface area contributed by atoms with Gasteiger partial charge in [0.25, 0.3) is 21.9 Å². The number of Topliss-reactive ketones (excluding diaryl/α,β-unsaturated/α-hetero) is 1. The van der Waals surface area contributed by atoms with Gasteiger partial charge in [-0.05, 0) is 79.5 Å². The van der Waals surface area contributed by atoms with Crippen LogP contribution in [0.3, 0.4) is 0 Å². The fourth-order valence-corrected chi connectivity index (χ4v) is 11.2. The third-order valence-corrected chi connectivity index (χ3v) is 15.3. The third kappa shape index (κ3) is 9.82. The second-order valence-corrected chi connectivity index (χ2v) is 20.0. The van der Waals surface area contributed by atoms with Crippen LogP contribution in [0.2, 0.25) is 0 Å². The summed E-state index contributed by atoms with van der Waals surface area (Å²) in [6, 6.07) is 5.80. The highest BCUT2D eigenvalue weighted by Gasteiger charge is 2.46. The molecule has 2 fully saturated rings. The topological polar surface area (TPSA) is 185 Å². The summed E-state index contributed by atoms with van der Waals surface area (Å²) in [5, 5.41) is -1.33. The van der Waals surface area contributed by atoms with Crippen molar-refractivity contribution in [3.05, 3.63) is 70.5 Å². The molecule has 2 saturated heterocycles. The van der Waals surface area contributed by atoms with Crippen molar-refractivity contribution in [2.24, 2.45) is 5.92 Å². The van der Waals surface area contributed by atoms with E-state index in [1.165, 1.54) is 37.5 Å². The molecule has 3 unspecified atom stereocenters. The monoisotopic (exact) mass is 858 g/mol.